The van der Waals surface area contributed by atoms with Crippen molar-refractivity contribution in [1.29, 1.82) is 0 Å². The van der Waals surface area contributed by atoms with Crippen molar-refractivity contribution in [2.75, 3.05) is 32.5 Å². The van der Waals surface area contributed by atoms with Crippen LogP contribution in [0.1, 0.15) is 5.56 Å². The Bertz CT molecular complexity index is 637. The second-order valence-electron chi connectivity index (χ2n) is 4.71. The van der Waals surface area contributed by atoms with Gasteiger partial charge in [0.25, 0.3) is 0 Å². The van der Waals surface area contributed by atoms with Crippen LogP contribution in [0.2, 0.25) is 0 Å². The van der Waals surface area contributed by atoms with Crippen molar-refractivity contribution >= 4 is 17.6 Å². The number of esters is 2. The molecule has 2 rings (SSSR count). The molecule has 22 heavy (non-hydrogen) atoms. The van der Waals surface area contributed by atoms with Crippen LogP contribution in [0.3, 0.4) is 0 Å². The first-order chi connectivity index (χ1) is 10.5. The van der Waals surface area contributed by atoms with Crippen molar-refractivity contribution in [2.24, 2.45) is 0 Å². The Morgan fingerprint density at radius 1 is 1.23 bits per heavy atom. The van der Waals surface area contributed by atoms with E-state index in [1.165, 1.54) is 19.1 Å². The first-order valence-electron chi connectivity index (χ1n) is 6.54. The van der Waals surface area contributed by atoms with Crippen LogP contribution in [-0.2, 0) is 23.8 Å². The van der Waals surface area contributed by atoms with E-state index in [0.29, 0.717) is 5.69 Å². The van der Waals surface area contributed by atoms with Crippen LogP contribution >= 0.6 is 0 Å². The fraction of sp³-hybridized carbons (Fsp3) is 0.333. The first-order valence-corrected chi connectivity index (χ1v) is 6.54. The van der Waals surface area contributed by atoms with Crippen LogP contribution in [0, 0.1) is 6.92 Å². The van der Waals surface area contributed by atoms with E-state index in [4.69, 9.17) is 9.47 Å². The van der Waals surface area contributed by atoms with Gasteiger partial charge in [-0.05, 0) is 24.6 Å². The number of hydrogen-bond acceptors (Lipinski definition) is 7. The summed E-state index contributed by atoms with van der Waals surface area (Å²) in [7, 11) is 2.43. The van der Waals surface area contributed by atoms with E-state index in [0.717, 1.165) is 5.56 Å². The molecule has 0 bridgehead atoms. The average molecular weight is 307 g/mol. The molecule has 0 spiro atoms. The highest BCUT2D eigenvalue weighted by molar-refractivity contribution is 6.03. The molecule has 7 nitrogen and oxygen atoms in total. The van der Waals surface area contributed by atoms with Gasteiger partial charge in [0.1, 0.15) is 18.2 Å². The molecule has 0 amide bonds. The third kappa shape index (κ3) is 2.89. The maximum Gasteiger partial charge on any atom is 0.355 e. The van der Waals surface area contributed by atoms with Gasteiger partial charge in [-0.15, -0.1) is 0 Å². The number of nitrogens with zero attached hydrogens (tertiary/aromatic N) is 1. The molecular formula is C15H17NO6. The van der Waals surface area contributed by atoms with Crippen molar-refractivity contribution in [1.82, 2.24) is 0 Å². The van der Waals surface area contributed by atoms with Gasteiger partial charge in [-0.2, -0.15) is 0 Å². The molecule has 7 heteroatoms. The van der Waals surface area contributed by atoms with E-state index in [1.807, 2.05) is 6.92 Å². The summed E-state index contributed by atoms with van der Waals surface area (Å²) in [6.45, 7) is 1.76. The average Bonchev–Trinajstić information content (AvgIpc) is 2.52. The Balaban J connectivity index is 2.57. The highest BCUT2D eigenvalue weighted by Crippen LogP contribution is 2.33. The van der Waals surface area contributed by atoms with Gasteiger partial charge in [0, 0.05) is 0 Å². The number of hydrogen-bond donors (Lipinski definition) is 1. The van der Waals surface area contributed by atoms with Crippen LogP contribution < -0.4 is 4.90 Å². The molecule has 0 radical (unpaired) electrons. The smallest absolute Gasteiger partial charge is 0.355 e. The van der Waals surface area contributed by atoms with Gasteiger partial charge in [0.2, 0.25) is 0 Å². The first kappa shape index (κ1) is 15.8. The van der Waals surface area contributed by atoms with Gasteiger partial charge in [-0.3, -0.25) is 0 Å². The second kappa shape index (κ2) is 6.48. The van der Waals surface area contributed by atoms with E-state index in [2.05, 4.69) is 4.74 Å². The van der Waals surface area contributed by atoms with Gasteiger partial charge < -0.3 is 24.2 Å². The van der Waals surface area contributed by atoms with Crippen LogP contribution in [0.5, 0.6) is 5.75 Å². The lowest BCUT2D eigenvalue weighted by molar-refractivity contribution is -0.140. The van der Waals surface area contributed by atoms with Crippen molar-refractivity contribution in [3.8, 4) is 5.75 Å². The summed E-state index contributed by atoms with van der Waals surface area (Å²) in [4.78, 5) is 25.3. The number of phenols is 1. The minimum Gasteiger partial charge on any atom is -0.506 e. The molecule has 1 aromatic carbocycles. The maximum absolute atomic E-state index is 12.1. The number of anilines is 1. The Kier molecular flexibility index (Phi) is 4.67. The largest absolute Gasteiger partial charge is 0.506 e. The number of benzene rings is 1. The zero-order valence-corrected chi connectivity index (χ0v) is 12.6. The zero-order valence-electron chi connectivity index (χ0n) is 12.6. The third-order valence-electron chi connectivity index (χ3n) is 3.25. The van der Waals surface area contributed by atoms with Crippen molar-refractivity contribution < 1.29 is 28.9 Å². The number of phenolic OH excluding ortho intramolecular Hbond substituents is 1. The lowest BCUT2D eigenvalue weighted by atomic mass is 10.1. The molecule has 0 saturated carbocycles. The molecular weight excluding hydrogens is 290 g/mol. The van der Waals surface area contributed by atoms with Crippen LogP contribution in [0.25, 0.3) is 0 Å². The van der Waals surface area contributed by atoms with Gasteiger partial charge in [-0.25, -0.2) is 9.59 Å². The number of aromatic hydroxyl groups is 1. The predicted octanol–water partition coefficient (Wildman–Crippen LogP) is 1.09. The molecule has 1 aromatic rings. The number of carbonyl (C=O) groups is 2. The third-order valence-corrected chi connectivity index (χ3v) is 3.25. The fourth-order valence-corrected chi connectivity index (χ4v) is 2.20. The Hall–Kier alpha value is -2.54. The lowest BCUT2D eigenvalue weighted by Crippen LogP contribution is -2.38. The molecule has 1 N–H and O–H groups in total. The molecule has 0 atom stereocenters. The number of methoxy groups -OCH3 is 2. The van der Waals surface area contributed by atoms with E-state index in [1.54, 1.807) is 18.2 Å². The number of rotatable bonds is 3. The number of ether oxygens (including phenoxy) is 3. The van der Waals surface area contributed by atoms with E-state index >= 15 is 0 Å². The summed E-state index contributed by atoms with van der Waals surface area (Å²) in [5, 5.41) is 10.1. The molecule has 0 aromatic heterocycles. The Morgan fingerprint density at radius 2 is 1.91 bits per heavy atom. The van der Waals surface area contributed by atoms with E-state index < -0.39 is 11.9 Å². The molecule has 1 heterocycles. The molecule has 0 unspecified atom stereocenters. The van der Waals surface area contributed by atoms with Crippen LogP contribution in [0.15, 0.2) is 29.5 Å². The van der Waals surface area contributed by atoms with Gasteiger partial charge >= 0.3 is 11.9 Å². The van der Waals surface area contributed by atoms with E-state index in [-0.39, 0.29) is 30.4 Å². The van der Waals surface area contributed by atoms with Gasteiger partial charge in [0.05, 0.1) is 32.1 Å². The molecule has 118 valence electrons. The monoisotopic (exact) mass is 307 g/mol. The standard InChI is InChI=1S/C15H17NO6/c1-9-4-5-11(12(17)6-9)16-8-22-7-10(14(18)20-2)13(16)15(19)21-3/h4-6,17H,7-8H2,1-3H3. The van der Waals surface area contributed by atoms with Crippen molar-refractivity contribution in [2.45, 2.75) is 6.92 Å². The summed E-state index contributed by atoms with van der Waals surface area (Å²) >= 11 is 0. The summed E-state index contributed by atoms with van der Waals surface area (Å²) in [6.07, 6.45) is 0. The summed E-state index contributed by atoms with van der Waals surface area (Å²) < 4.78 is 14.8. The topological polar surface area (TPSA) is 85.3 Å². The van der Waals surface area contributed by atoms with Crippen molar-refractivity contribution in [3.05, 3.63) is 35.0 Å². The van der Waals surface area contributed by atoms with E-state index in [9.17, 15) is 14.7 Å². The summed E-state index contributed by atoms with van der Waals surface area (Å²) in [5.74, 6) is -1.42. The van der Waals surface area contributed by atoms with Crippen LogP contribution in [-0.4, -0.2) is 44.6 Å². The molecule has 0 aliphatic carbocycles. The summed E-state index contributed by atoms with van der Waals surface area (Å²) in [5.41, 5.74) is 1.24. The highest BCUT2D eigenvalue weighted by atomic mass is 16.5. The lowest BCUT2D eigenvalue weighted by Gasteiger charge is -2.31. The van der Waals surface area contributed by atoms with Gasteiger partial charge in [0.15, 0.2) is 0 Å². The molecule has 1 aliphatic rings. The zero-order chi connectivity index (χ0) is 16.3. The van der Waals surface area contributed by atoms with Crippen LogP contribution in [0.4, 0.5) is 5.69 Å². The highest BCUT2D eigenvalue weighted by Gasteiger charge is 2.33. The quantitative estimate of drug-likeness (QED) is 0.837. The van der Waals surface area contributed by atoms with Gasteiger partial charge in [-0.1, -0.05) is 6.07 Å². The fourth-order valence-electron chi connectivity index (χ4n) is 2.20. The maximum atomic E-state index is 12.1. The van der Waals surface area contributed by atoms with Crippen molar-refractivity contribution in [3.63, 3.8) is 0 Å². The minimum atomic E-state index is -0.705. The second-order valence-corrected chi connectivity index (χ2v) is 4.71. The summed E-state index contributed by atoms with van der Waals surface area (Å²) in [6, 6.07) is 4.96. The predicted molar refractivity (Wildman–Crippen MR) is 77.2 cm³/mol. The number of aryl methyl sites for hydroxylation is 1. The molecule has 0 saturated heterocycles. The normalized spacial score (nSPS) is 14.8. The Labute approximate surface area is 127 Å². The number of carbonyl (C=O) groups excluding carboxylic acids is 2. The molecule has 0 fully saturated rings. The minimum absolute atomic E-state index is 0.000229. The Morgan fingerprint density at radius 3 is 2.50 bits per heavy atom. The molecule has 1 aliphatic heterocycles. The SMILES string of the molecule is COC(=O)C1=C(C(=O)OC)N(c2ccc(C)cc2O)COC1.